The van der Waals surface area contributed by atoms with Crippen LogP contribution in [0.2, 0.25) is 0 Å². The SMILES string of the molecule is CC(C)[n+]1cc(/N=C(\[O-])c2sc3nc4c(cc3c2N)CCCCCC4)on1. The van der Waals surface area contributed by atoms with Crippen LogP contribution in [-0.4, -0.2) is 16.2 Å². The highest BCUT2D eigenvalue weighted by Gasteiger charge is 2.18. The minimum Gasteiger partial charge on any atom is -0.857 e. The predicted molar refractivity (Wildman–Crippen MR) is 103 cm³/mol. The largest absolute Gasteiger partial charge is 0.857 e. The molecule has 2 N–H and O–H groups in total. The first kappa shape index (κ1) is 17.9. The quantitative estimate of drug-likeness (QED) is 0.424. The number of nitrogen functional groups attached to an aromatic ring is 1. The van der Waals surface area contributed by atoms with E-state index in [4.69, 9.17) is 15.2 Å². The molecule has 0 fully saturated rings. The third-order valence-electron chi connectivity index (χ3n) is 4.91. The minimum atomic E-state index is -0.421. The van der Waals surface area contributed by atoms with Crippen LogP contribution in [0, 0.1) is 0 Å². The van der Waals surface area contributed by atoms with Crippen molar-refractivity contribution >= 4 is 39.0 Å². The van der Waals surface area contributed by atoms with Crippen LogP contribution in [0.25, 0.3) is 10.2 Å². The molecule has 3 heterocycles. The molecule has 8 heteroatoms. The predicted octanol–water partition coefficient (Wildman–Crippen LogP) is 2.83. The van der Waals surface area contributed by atoms with Gasteiger partial charge >= 0.3 is 5.88 Å². The van der Waals surface area contributed by atoms with Crippen LogP contribution in [0.3, 0.4) is 0 Å². The lowest BCUT2D eigenvalue weighted by Gasteiger charge is -2.12. The Bertz CT molecular complexity index is 1010. The maximum atomic E-state index is 12.7. The van der Waals surface area contributed by atoms with Crippen LogP contribution in [0.4, 0.5) is 11.6 Å². The number of nitrogens with zero attached hydrogens (tertiary/aromatic N) is 4. The van der Waals surface area contributed by atoms with Gasteiger partial charge in [0.25, 0.3) is 6.20 Å². The van der Waals surface area contributed by atoms with Crippen LogP contribution < -0.4 is 15.5 Å². The number of anilines is 1. The van der Waals surface area contributed by atoms with Crippen LogP contribution in [0.15, 0.2) is 21.8 Å². The van der Waals surface area contributed by atoms with Gasteiger partial charge in [-0.25, -0.2) is 9.98 Å². The number of hydrogen-bond donors (Lipinski definition) is 1. The number of hydrogen-bond acceptors (Lipinski definition) is 7. The van der Waals surface area contributed by atoms with Gasteiger partial charge in [0.1, 0.15) is 4.83 Å². The maximum absolute atomic E-state index is 12.7. The summed E-state index contributed by atoms with van der Waals surface area (Å²) >= 11 is 1.30. The van der Waals surface area contributed by atoms with E-state index < -0.39 is 5.90 Å². The van der Waals surface area contributed by atoms with Gasteiger partial charge in [-0.2, -0.15) is 0 Å². The molecule has 142 valence electrons. The molecular formula is C19H23N5O2S. The maximum Gasteiger partial charge on any atom is 0.320 e. The molecule has 3 aromatic rings. The van der Waals surface area contributed by atoms with E-state index in [-0.39, 0.29) is 11.9 Å². The molecule has 0 saturated heterocycles. The zero-order chi connectivity index (χ0) is 19.0. The first-order valence-corrected chi connectivity index (χ1v) is 10.2. The number of nitrogens with two attached hydrogens (primary N) is 1. The summed E-state index contributed by atoms with van der Waals surface area (Å²) in [7, 11) is 0. The van der Waals surface area contributed by atoms with Gasteiger partial charge in [-0.15, -0.1) is 11.3 Å². The molecule has 0 spiro atoms. The fourth-order valence-corrected chi connectivity index (χ4v) is 4.35. The Hall–Kier alpha value is -2.48. The Morgan fingerprint density at radius 3 is 2.81 bits per heavy atom. The molecule has 0 bridgehead atoms. The molecule has 27 heavy (non-hydrogen) atoms. The van der Waals surface area contributed by atoms with Gasteiger partial charge < -0.3 is 10.8 Å². The summed E-state index contributed by atoms with van der Waals surface area (Å²) in [5.74, 6) is -0.249. The number of pyridine rings is 1. The lowest BCUT2D eigenvalue weighted by atomic mass is 9.96. The average molecular weight is 385 g/mol. The highest BCUT2D eigenvalue weighted by atomic mass is 32.1. The zero-order valence-electron chi connectivity index (χ0n) is 15.6. The number of rotatable bonds is 3. The summed E-state index contributed by atoms with van der Waals surface area (Å²) in [4.78, 5) is 10.1. The second-order valence-electron chi connectivity index (χ2n) is 7.24. The topological polar surface area (TPSA) is 104 Å². The Kier molecular flexibility index (Phi) is 4.82. The molecule has 0 amide bonds. The van der Waals surface area contributed by atoms with E-state index in [0.29, 0.717) is 10.6 Å². The number of aromatic nitrogens is 3. The summed E-state index contributed by atoms with van der Waals surface area (Å²) in [6.07, 6.45) is 8.46. The van der Waals surface area contributed by atoms with Crippen LogP contribution in [0.1, 0.15) is 61.7 Å². The van der Waals surface area contributed by atoms with Crippen molar-refractivity contribution in [3.63, 3.8) is 0 Å². The molecule has 1 aliphatic rings. The van der Waals surface area contributed by atoms with Gasteiger partial charge in [0.05, 0.1) is 10.6 Å². The van der Waals surface area contributed by atoms with E-state index in [1.54, 1.807) is 10.9 Å². The summed E-state index contributed by atoms with van der Waals surface area (Å²) in [6, 6.07) is 2.25. The monoisotopic (exact) mass is 385 g/mol. The molecule has 0 aromatic carbocycles. The van der Waals surface area contributed by atoms with E-state index in [1.807, 2.05) is 13.8 Å². The van der Waals surface area contributed by atoms with Crippen molar-refractivity contribution in [2.45, 2.75) is 58.4 Å². The first-order chi connectivity index (χ1) is 13.0. The molecule has 3 aromatic heterocycles. The molecular weight excluding hydrogens is 362 g/mol. The van der Waals surface area contributed by atoms with E-state index >= 15 is 0 Å². The minimum absolute atomic E-state index is 0.130. The summed E-state index contributed by atoms with van der Waals surface area (Å²) in [5.41, 5.74) is 9.15. The smallest absolute Gasteiger partial charge is 0.320 e. The zero-order valence-corrected chi connectivity index (χ0v) is 16.4. The Morgan fingerprint density at radius 1 is 1.30 bits per heavy atom. The molecule has 7 nitrogen and oxygen atoms in total. The van der Waals surface area contributed by atoms with Crippen LogP contribution in [-0.2, 0) is 12.8 Å². The Balaban J connectivity index is 1.72. The average Bonchev–Trinajstić information content (AvgIpc) is 3.20. The fourth-order valence-electron chi connectivity index (χ4n) is 3.36. The third kappa shape index (κ3) is 3.53. The lowest BCUT2D eigenvalue weighted by Crippen LogP contribution is -2.36. The number of aliphatic imine (C=N–C) groups is 1. The first-order valence-electron chi connectivity index (χ1n) is 9.38. The van der Waals surface area contributed by atoms with Crippen molar-refractivity contribution in [2.75, 3.05) is 5.73 Å². The van der Waals surface area contributed by atoms with E-state index in [9.17, 15) is 5.11 Å². The molecule has 0 radical (unpaired) electrons. The number of aryl methyl sites for hydroxylation is 2. The Labute approximate surface area is 161 Å². The molecule has 4 rings (SSSR count). The fraction of sp³-hybridized carbons (Fsp3) is 0.474. The van der Waals surface area contributed by atoms with Crippen molar-refractivity contribution < 1.29 is 14.3 Å². The van der Waals surface area contributed by atoms with Crippen molar-refractivity contribution in [1.29, 1.82) is 0 Å². The Morgan fingerprint density at radius 2 is 2.07 bits per heavy atom. The van der Waals surface area contributed by atoms with Gasteiger partial charge in [0, 0.05) is 17.0 Å². The van der Waals surface area contributed by atoms with Gasteiger partial charge in [-0.1, -0.05) is 12.8 Å². The molecule has 0 aliphatic heterocycles. The van der Waals surface area contributed by atoms with Gasteiger partial charge in [-0.3, -0.25) is 4.52 Å². The van der Waals surface area contributed by atoms with E-state index in [0.717, 1.165) is 35.2 Å². The highest BCUT2D eigenvalue weighted by Crippen LogP contribution is 2.35. The van der Waals surface area contributed by atoms with Gasteiger partial charge in [0.2, 0.25) is 5.27 Å². The van der Waals surface area contributed by atoms with E-state index in [2.05, 4.69) is 16.3 Å². The van der Waals surface area contributed by atoms with Gasteiger partial charge in [0.15, 0.2) is 6.04 Å². The number of fused-ring (bicyclic) bond motifs is 2. The summed E-state index contributed by atoms with van der Waals surface area (Å²) in [6.45, 7) is 3.94. The standard InChI is InChI=1S/C19H23N5O2S/c1-11(2)24-10-15(26-23-24)22-18(25)17-16(20)13-9-12-7-5-3-4-6-8-14(12)21-19(13)27-17/h9-11H,3-8H2,1-2H3,(H2-,20,22,23,25). The molecule has 0 saturated carbocycles. The van der Waals surface area contributed by atoms with Crippen LogP contribution in [0.5, 0.6) is 0 Å². The van der Waals surface area contributed by atoms with Crippen molar-refractivity contribution in [1.82, 2.24) is 10.3 Å². The van der Waals surface area contributed by atoms with Crippen LogP contribution >= 0.6 is 11.3 Å². The second kappa shape index (κ2) is 7.26. The van der Waals surface area contributed by atoms with Crippen molar-refractivity contribution in [3.05, 3.63) is 28.4 Å². The van der Waals surface area contributed by atoms with E-state index in [1.165, 1.54) is 36.2 Å². The second-order valence-corrected chi connectivity index (χ2v) is 8.24. The highest BCUT2D eigenvalue weighted by molar-refractivity contribution is 7.21. The van der Waals surface area contributed by atoms with Gasteiger partial charge in [-0.05, 0) is 55.8 Å². The molecule has 0 unspecified atom stereocenters. The number of thiophene rings is 1. The molecule has 0 atom stereocenters. The lowest BCUT2D eigenvalue weighted by molar-refractivity contribution is -0.779. The third-order valence-corrected chi connectivity index (χ3v) is 6.01. The summed E-state index contributed by atoms with van der Waals surface area (Å²) < 4.78 is 6.73. The molecule has 1 aliphatic carbocycles. The van der Waals surface area contributed by atoms with Crippen molar-refractivity contribution in [3.8, 4) is 0 Å². The van der Waals surface area contributed by atoms with Crippen molar-refractivity contribution in [2.24, 2.45) is 4.99 Å². The summed E-state index contributed by atoms with van der Waals surface area (Å²) in [5, 5.41) is 17.4. The normalized spacial score (nSPS) is 15.7.